The topological polar surface area (TPSA) is 0 Å². The summed E-state index contributed by atoms with van der Waals surface area (Å²) in [5, 5.41) is 0. The molecule has 0 aromatic rings. The lowest BCUT2D eigenvalue weighted by Crippen LogP contribution is -1.73. The number of hydrogen-bond donors (Lipinski definition) is 0. The van der Waals surface area contributed by atoms with Crippen LogP contribution in [0.3, 0.4) is 0 Å². The smallest absolute Gasteiger partial charge is 0.0245 e. The van der Waals surface area contributed by atoms with Gasteiger partial charge in [0, 0.05) is 0 Å². The highest BCUT2D eigenvalue weighted by molar-refractivity contribution is 14.1. The minimum absolute atomic E-state index is 1.28. The van der Waals surface area contributed by atoms with Gasteiger partial charge in [-0.3, -0.25) is 0 Å². The molecule has 1 heteroatoms. The third kappa shape index (κ3) is 4.62. The van der Waals surface area contributed by atoms with Crippen LogP contribution in [0, 0.1) is 0 Å². The summed E-state index contributed by atoms with van der Waals surface area (Å²) < 4.78 is 2.16. The van der Waals surface area contributed by atoms with E-state index < -0.39 is 0 Å². The number of hydrogen-bond acceptors (Lipinski definition) is 0. The van der Waals surface area contributed by atoms with Crippen molar-refractivity contribution in [3.63, 3.8) is 0 Å². The molecule has 0 aliphatic heterocycles. The molecule has 0 spiro atoms. The first-order valence-corrected chi connectivity index (χ1v) is 4.31. The van der Waals surface area contributed by atoms with Crippen molar-refractivity contribution >= 4 is 22.6 Å². The normalized spacial score (nSPS) is 12.1. The molecule has 0 radical (unpaired) electrons. The lowest BCUT2D eigenvalue weighted by molar-refractivity contribution is 0.789. The van der Waals surface area contributed by atoms with E-state index in [1.54, 1.807) is 0 Å². The zero-order valence-electron chi connectivity index (χ0n) is 5.58. The van der Waals surface area contributed by atoms with Gasteiger partial charge in [0.25, 0.3) is 0 Å². The van der Waals surface area contributed by atoms with Crippen molar-refractivity contribution in [2.45, 2.75) is 33.1 Å². The maximum Gasteiger partial charge on any atom is -0.0245 e. The minimum Gasteiger partial charge on any atom is -0.0673 e. The van der Waals surface area contributed by atoms with Gasteiger partial charge in [-0.25, -0.2) is 0 Å². The fourth-order valence-electron chi connectivity index (χ4n) is 0.510. The van der Waals surface area contributed by atoms with Crippen LogP contribution in [0.25, 0.3) is 0 Å². The highest BCUT2D eigenvalue weighted by Gasteiger charge is 1.84. The highest BCUT2D eigenvalue weighted by Crippen LogP contribution is 2.07. The van der Waals surface area contributed by atoms with E-state index in [0.717, 1.165) is 0 Å². The van der Waals surface area contributed by atoms with E-state index in [1.165, 1.54) is 24.8 Å². The first-order valence-electron chi connectivity index (χ1n) is 3.07. The van der Waals surface area contributed by atoms with E-state index in [1.807, 2.05) is 0 Å². The summed E-state index contributed by atoms with van der Waals surface area (Å²) in [6, 6.07) is 0. The standard InChI is InChI=1S/C7H13I/c1-3-4-5-7(2)6-8/h6H,3-5H2,1-2H3. The number of unbranched alkanes of at least 4 members (excludes halogenated alkanes) is 1. The molecule has 0 bridgehead atoms. The summed E-state index contributed by atoms with van der Waals surface area (Å²) in [5.74, 6) is 0. The molecule has 0 atom stereocenters. The van der Waals surface area contributed by atoms with Crippen molar-refractivity contribution in [2.24, 2.45) is 0 Å². The predicted molar refractivity (Wildman–Crippen MR) is 47.3 cm³/mol. The van der Waals surface area contributed by atoms with Crippen LogP contribution in [0.15, 0.2) is 9.66 Å². The van der Waals surface area contributed by atoms with Gasteiger partial charge in [-0.2, -0.15) is 0 Å². The van der Waals surface area contributed by atoms with Crippen LogP contribution in [-0.4, -0.2) is 0 Å². The van der Waals surface area contributed by atoms with Gasteiger partial charge in [0.15, 0.2) is 0 Å². The zero-order chi connectivity index (χ0) is 6.41. The molecule has 48 valence electrons. The summed E-state index contributed by atoms with van der Waals surface area (Å²) in [7, 11) is 0. The number of allylic oxidation sites excluding steroid dienone is 1. The summed E-state index contributed by atoms with van der Waals surface area (Å²) >= 11 is 2.29. The van der Waals surface area contributed by atoms with E-state index in [0.29, 0.717) is 0 Å². The lowest BCUT2D eigenvalue weighted by Gasteiger charge is -1.93. The second-order valence-electron chi connectivity index (χ2n) is 2.06. The maximum absolute atomic E-state index is 2.29. The van der Waals surface area contributed by atoms with Gasteiger partial charge in [-0.05, 0) is 23.8 Å². The molecule has 0 fully saturated rings. The van der Waals surface area contributed by atoms with Crippen LogP contribution in [0.1, 0.15) is 33.1 Å². The van der Waals surface area contributed by atoms with Crippen LogP contribution in [0.4, 0.5) is 0 Å². The van der Waals surface area contributed by atoms with Crippen LogP contribution in [-0.2, 0) is 0 Å². The molecule has 0 unspecified atom stereocenters. The maximum atomic E-state index is 2.29. The van der Waals surface area contributed by atoms with Crippen molar-refractivity contribution in [3.05, 3.63) is 9.66 Å². The van der Waals surface area contributed by atoms with Crippen molar-refractivity contribution in [2.75, 3.05) is 0 Å². The van der Waals surface area contributed by atoms with Crippen molar-refractivity contribution in [1.82, 2.24) is 0 Å². The highest BCUT2D eigenvalue weighted by atomic mass is 127. The average molecular weight is 224 g/mol. The molecule has 0 rings (SSSR count). The van der Waals surface area contributed by atoms with Crippen molar-refractivity contribution < 1.29 is 0 Å². The summed E-state index contributed by atoms with van der Waals surface area (Å²) in [5.41, 5.74) is 1.51. The number of rotatable bonds is 3. The summed E-state index contributed by atoms with van der Waals surface area (Å²) in [4.78, 5) is 0. The summed E-state index contributed by atoms with van der Waals surface area (Å²) in [6.07, 6.45) is 3.92. The van der Waals surface area contributed by atoms with Crippen LogP contribution in [0.5, 0.6) is 0 Å². The second-order valence-corrected chi connectivity index (χ2v) is 2.68. The Kier molecular flexibility index (Phi) is 5.93. The SMILES string of the molecule is CCCCC(C)=CI. The fourth-order valence-corrected chi connectivity index (χ4v) is 0.822. The molecule has 0 aliphatic rings. The van der Waals surface area contributed by atoms with Crippen molar-refractivity contribution in [3.8, 4) is 0 Å². The van der Waals surface area contributed by atoms with Gasteiger partial charge in [-0.15, -0.1) is 0 Å². The molecule has 0 aromatic heterocycles. The molecule has 0 aromatic carbocycles. The Labute approximate surface area is 65.5 Å². The predicted octanol–water partition coefficient (Wildman–Crippen LogP) is 3.52. The van der Waals surface area contributed by atoms with E-state index in [4.69, 9.17) is 0 Å². The lowest BCUT2D eigenvalue weighted by atomic mass is 10.2. The quantitative estimate of drug-likeness (QED) is 0.643. The van der Waals surface area contributed by atoms with Crippen LogP contribution in [0.2, 0.25) is 0 Å². The fraction of sp³-hybridized carbons (Fsp3) is 0.714. The monoisotopic (exact) mass is 224 g/mol. The third-order valence-corrected chi connectivity index (χ3v) is 2.17. The molecule has 0 amide bonds. The molecule has 0 saturated carbocycles. The van der Waals surface area contributed by atoms with E-state index >= 15 is 0 Å². The zero-order valence-corrected chi connectivity index (χ0v) is 7.73. The molecule has 0 N–H and O–H groups in total. The molecular formula is C7H13I. The van der Waals surface area contributed by atoms with E-state index in [9.17, 15) is 0 Å². The first-order chi connectivity index (χ1) is 3.81. The molecule has 0 nitrogen and oxygen atoms in total. The molecule has 0 heterocycles. The average Bonchev–Trinajstić information content (AvgIpc) is 1.83. The molecule has 8 heavy (non-hydrogen) atoms. The first kappa shape index (κ1) is 8.47. The number of halogens is 1. The minimum atomic E-state index is 1.28. The Hall–Kier alpha value is 0.470. The summed E-state index contributed by atoms with van der Waals surface area (Å²) in [6.45, 7) is 4.41. The Morgan fingerprint density at radius 2 is 2.25 bits per heavy atom. The Balaban J connectivity index is 3.12. The van der Waals surface area contributed by atoms with Gasteiger partial charge >= 0.3 is 0 Å². The van der Waals surface area contributed by atoms with E-state index in [-0.39, 0.29) is 0 Å². The largest absolute Gasteiger partial charge is 0.0673 e. The van der Waals surface area contributed by atoms with Gasteiger partial charge < -0.3 is 0 Å². The molecule has 0 aliphatic carbocycles. The Bertz CT molecular complexity index is 74.5. The Morgan fingerprint density at radius 1 is 1.62 bits per heavy atom. The van der Waals surface area contributed by atoms with Crippen LogP contribution >= 0.6 is 22.6 Å². The van der Waals surface area contributed by atoms with Gasteiger partial charge in [0.1, 0.15) is 0 Å². The van der Waals surface area contributed by atoms with Gasteiger partial charge in [0.2, 0.25) is 0 Å². The third-order valence-electron chi connectivity index (χ3n) is 1.11. The van der Waals surface area contributed by atoms with E-state index in [2.05, 4.69) is 40.5 Å². The van der Waals surface area contributed by atoms with Crippen LogP contribution < -0.4 is 0 Å². The van der Waals surface area contributed by atoms with Gasteiger partial charge in [-0.1, -0.05) is 41.5 Å². The van der Waals surface area contributed by atoms with Gasteiger partial charge in [0.05, 0.1) is 0 Å². The molecular weight excluding hydrogens is 211 g/mol. The molecule has 0 saturated heterocycles. The van der Waals surface area contributed by atoms with Crippen molar-refractivity contribution in [1.29, 1.82) is 0 Å². The second kappa shape index (κ2) is 5.60. The Morgan fingerprint density at radius 3 is 2.62 bits per heavy atom.